The van der Waals surface area contributed by atoms with E-state index >= 15 is 0 Å². The Labute approximate surface area is 115 Å². The molecule has 1 aliphatic heterocycles. The molecule has 2 rings (SSSR count). The zero-order valence-electron chi connectivity index (χ0n) is 12.0. The molecule has 1 heterocycles. The van der Waals surface area contributed by atoms with Crippen molar-refractivity contribution in [2.75, 3.05) is 32.0 Å². The Morgan fingerprint density at radius 1 is 1.47 bits per heavy atom. The SMILES string of the molecule is CCNc1ccc(C)cc1C(=O)NC1CCN(C)C1. The van der Waals surface area contributed by atoms with Crippen molar-refractivity contribution < 1.29 is 4.79 Å². The van der Waals surface area contributed by atoms with Crippen molar-refractivity contribution in [2.45, 2.75) is 26.3 Å². The number of nitrogens with zero attached hydrogens (tertiary/aromatic N) is 1. The first-order valence-corrected chi connectivity index (χ1v) is 6.94. The van der Waals surface area contributed by atoms with Gasteiger partial charge in [-0.1, -0.05) is 11.6 Å². The third-order valence-electron chi connectivity index (χ3n) is 3.51. The van der Waals surface area contributed by atoms with Crippen LogP contribution in [0.25, 0.3) is 0 Å². The molecule has 19 heavy (non-hydrogen) atoms. The van der Waals surface area contributed by atoms with Gasteiger partial charge in [-0.2, -0.15) is 0 Å². The maximum Gasteiger partial charge on any atom is 0.253 e. The second-order valence-electron chi connectivity index (χ2n) is 5.30. The normalized spacial score (nSPS) is 19.4. The summed E-state index contributed by atoms with van der Waals surface area (Å²) < 4.78 is 0. The van der Waals surface area contributed by atoms with Gasteiger partial charge in [0.15, 0.2) is 0 Å². The molecule has 4 heteroatoms. The number of benzene rings is 1. The highest BCUT2D eigenvalue weighted by Gasteiger charge is 2.22. The van der Waals surface area contributed by atoms with Crippen LogP contribution in [-0.4, -0.2) is 43.5 Å². The van der Waals surface area contributed by atoms with E-state index in [0.29, 0.717) is 0 Å². The highest BCUT2D eigenvalue weighted by Crippen LogP contribution is 2.18. The van der Waals surface area contributed by atoms with Gasteiger partial charge in [-0.15, -0.1) is 0 Å². The van der Waals surface area contributed by atoms with Crippen LogP contribution in [0.1, 0.15) is 29.3 Å². The zero-order valence-corrected chi connectivity index (χ0v) is 12.0. The summed E-state index contributed by atoms with van der Waals surface area (Å²) in [5.41, 5.74) is 2.77. The molecule has 0 spiro atoms. The van der Waals surface area contributed by atoms with Crippen LogP contribution >= 0.6 is 0 Å². The van der Waals surface area contributed by atoms with Gasteiger partial charge in [-0.25, -0.2) is 0 Å². The Bertz CT molecular complexity index is 459. The Morgan fingerprint density at radius 2 is 2.26 bits per heavy atom. The number of likely N-dealkylation sites (tertiary alicyclic amines) is 1. The average molecular weight is 261 g/mol. The van der Waals surface area contributed by atoms with Crippen LogP contribution < -0.4 is 10.6 Å². The van der Waals surface area contributed by atoms with E-state index < -0.39 is 0 Å². The van der Waals surface area contributed by atoms with E-state index in [-0.39, 0.29) is 11.9 Å². The van der Waals surface area contributed by atoms with Crippen LogP contribution in [0.4, 0.5) is 5.69 Å². The molecule has 0 aromatic heterocycles. The van der Waals surface area contributed by atoms with Gasteiger partial charge in [0, 0.05) is 24.8 Å². The molecule has 1 amide bonds. The molecule has 1 atom stereocenters. The molecule has 0 saturated carbocycles. The van der Waals surface area contributed by atoms with Gasteiger partial charge >= 0.3 is 0 Å². The van der Waals surface area contributed by atoms with Crippen molar-refractivity contribution in [1.82, 2.24) is 10.2 Å². The summed E-state index contributed by atoms with van der Waals surface area (Å²) in [6.45, 7) is 6.85. The van der Waals surface area contributed by atoms with Crippen LogP contribution in [0.3, 0.4) is 0 Å². The molecule has 1 aliphatic rings. The fraction of sp³-hybridized carbons (Fsp3) is 0.533. The number of amides is 1. The van der Waals surface area contributed by atoms with E-state index in [1.54, 1.807) is 0 Å². The molecule has 1 unspecified atom stereocenters. The molecule has 1 aromatic carbocycles. The van der Waals surface area contributed by atoms with E-state index in [1.165, 1.54) is 0 Å². The number of aryl methyl sites for hydroxylation is 1. The molecule has 2 N–H and O–H groups in total. The van der Waals surface area contributed by atoms with Crippen molar-refractivity contribution in [3.63, 3.8) is 0 Å². The zero-order chi connectivity index (χ0) is 13.8. The van der Waals surface area contributed by atoms with E-state index in [2.05, 4.69) is 22.6 Å². The van der Waals surface area contributed by atoms with Crippen molar-refractivity contribution >= 4 is 11.6 Å². The Balaban J connectivity index is 2.11. The largest absolute Gasteiger partial charge is 0.385 e. The van der Waals surface area contributed by atoms with Crippen LogP contribution in [0.2, 0.25) is 0 Å². The minimum atomic E-state index is 0.0277. The van der Waals surface area contributed by atoms with Crippen LogP contribution in [0, 0.1) is 6.92 Å². The molecule has 1 aromatic rings. The van der Waals surface area contributed by atoms with Crippen molar-refractivity contribution in [3.8, 4) is 0 Å². The molecule has 4 nitrogen and oxygen atoms in total. The van der Waals surface area contributed by atoms with Crippen LogP contribution in [-0.2, 0) is 0 Å². The van der Waals surface area contributed by atoms with E-state index in [1.807, 2.05) is 32.0 Å². The fourth-order valence-electron chi connectivity index (χ4n) is 2.51. The van der Waals surface area contributed by atoms with E-state index in [4.69, 9.17) is 0 Å². The highest BCUT2D eigenvalue weighted by molar-refractivity contribution is 6.00. The van der Waals surface area contributed by atoms with Gasteiger partial charge in [0.1, 0.15) is 0 Å². The van der Waals surface area contributed by atoms with E-state index in [0.717, 1.165) is 42.9 Å². The highest BCUT2D eigenvalue weighted by atomic mass is 16.1. The molecule has 0 aliphatic carbocycles. The lowest BCUT2D eigenvalue weighted by Gasteiger charge is -2.16. The molecule has 0 bridgehead atoms. The first-order valence-electron chi connectivity index (χ1n) is 6.94. The summed E-state index contributed by atoms with van der Waals surface area (Å²) in [6, 6.07) is 6.23. The monoisotopic (exact) mass is 261 g/mol. The summed E-state index contributed by atoms with van der Waals surface area (Å²) >= 11 is 0. The van der Waals surface area contributed by atoms with Crippen molar-refractivity contribution in [2.24, 2.45) is 0 Å². The second kappa shape index (κ2) is 6.06. The average Bonchev–Trinajstić information content (AvgIpc) is 2.77. The quantitative estimate of drug-likeness (QED) is 0.869. The van der Waals surface area contributed by atoms with Crippen LogP contribution in [0.15, 0.2) is 18.2 Å². The molecule has 1 fully saturated rings. The lowest BCUT2D eigenvalue weighted by Crippen LogP contribution is -2.36. The summed E-state index contributed by atoms with van der Waals surface area (Å²) in [6.07, 6.45) is 1.03. The number of hydrogen-bond acceptors (Lipinski definition) is 3. The predicted octanol–water partition coefficient (Wildman–Crippen LogP) is 1.86. The van der Waals surface area contributed by atoms with Crippen molar-refractivity contribution in [3.05, 3.63) is 29.3 Å². The fourth-order valence-corrected chi connectivity index (χ4v) is 2.51. The van der Waals surface area contributed by atoms with Crippen molar-refractivity contribution in [1.29, 1.82) is 0 Å². The molecule has 1 saturated heterocycles. The maximum absolute atomic E-state index is 12.4. The third kappa shape index (κ3) is 3.47. The van der Waals surface area contributed by atoms with Crippen LogP contribution in [0.5, 0.6) is 0 Å². The van der Waals surface area contributed by atoms with Gasteiger partial charge in [0.2, 0.25) is 0 Å². The Hall–Kier alpha value is -1.55. The van der Waals surface area contributed by atoms with E-state index in [9.17, 15) is 4.79 Å². The van der Waals surface area contributed by atoms with Gasteiger partial charge in [-0.05, 0) is 46.0 Å². The number of carbonyl (C=O) groups is 1. The number of likely N-dealkylation sites (N-methyl/N-ethyl adjacent to an activating group) is 1. The van der Waals surface area contributed by atoms with Gasteiger partial charge < -0.3 is 15.5 Å². The molecular formula is C15H23N3O. The minimum Gasteiger partial charge on any atom is -0.385 e. The number of carbonyl (C=O) groups excluding carboxylic acids is 1. The summed E-state index contributed by atoms with van der Waals surface area (Å²) in [7, 11) is 2.09. The number of hydrogen-bond donors (Lipinski definition) is 2. The molecule has 0 radical (unpaired) electrons. The number of anilines is 1. The van der Waals surface area contributed by atoms with Gasteiger partial charge in [0.25, 0.3) is 5.91 Å². The van der Waals surface area contributed by atoms with Gasteiger partial charge in [-0.3, -0.25) is 4.79 Å². The summed E-state index contributed by atoms with van der Waals surface area (Å²) in [5, 5.41) is 6.38. The molecular weight excluding hydrogens is 238 g/mol. The molecule has 104 valence electrons. The maximum atomic E-state index is 12.4. The number of nitrogens with one attached hydrogen (secondary N) is 2. The Kier molecular flexibility index (Phi) is 4.43. The first-order chi connectivity index (χ1) is 9.10. The minimum absolute atomic E-state index is 0.0277. The standard InChI is InChI=1S/C15H23N3O/c1-4-16-14-6-5-11(2)9-13(14)15(19)17-12-7-8-18(3)10-12/h5-6,9,12,16H,4,7-8,10H2,1-3H3,(H,17,19). The lowest BCUT2D eigenvalue weighted by atomic mass is 10.1. The number of rotatable bonds is 4. The smallest absolute Gasteiger partial charge is 0.253 e. The second-order valence-corrected chi connectivity index (χ2v) is 5.30. The Morgan fingerprint density at radius 3 is 2.89 bits per heavy atom. The topological polar surface area (TPSA) is 44.4 Å². The first kappa shape index (κ1) is 13.9. The third-order valence-corrected chi connectivity index (χ3v) is 3.51. The van der Waals surface area contributed by atoms with Gasteiger partial charge in [0.05, 0.1) is 5.56 Å². The predicted molar refractivity (Wildman–Crippen MR) is 78.7 cm³/mol. The summed E-state index contributed by atoms with van der Waals surface area (Å²) in [5.74, 6) is 0.0277. The lowest BCUT2D eigenvalue weighted by molar-refractivity contribution is 0.0939. The summed E-state index contributed by atoms with van der Waals surface area (Å²) in [4.78, 5) is 14.6.